The van der Waals surface area contributed by atoms with Crippen LogP contribution in [0.1, 0.15) is 29.2 Å². The molecule has 0 heterocycles. The van der Waals surface area contributed by atoms with Gasteiger partial charge in [-0.2, -0.15) is 0 Å². The lowest BCUT2D eigenvalue weighted by Crippen LogP contribution is -2.53. The second-order valence-electron chi connectivity index (χ2n) is 10.5. The molecule has 1 atom stereocenters. The number of rotatable bonds is 12. The number of hydrogen-bond acceptors (Lipinski definition) is 4. The summed E-state index contributed by atoms with van der Waals surface area (Å²) in [5.41, 5.74) is 3.87. The summed E-state index contributed by atoms with van der Waals surface area (Å²) in [5, 5.41) is 3.26. The summed E-state index contributed by atoms with van der Waals surface area (Å²) >= 11 is 9.50. The van der Waals surface area contributed by atoms with Gasteiger partial charge in [-0.15, -0.1) is 0 Å². The van der Waals surface area contributed by atoms with E-state index in [0.717, 1.165) is 31.0 Å². The number of benzene rings is 4. The van der Waals surface area contributed by atoms with Crippen LogP contribution in [0.4, 0.5) is 5.69 Å². The smallest absolute Gasteiger partial charge is 0.264 e. The van der Waals surface area contributed by atoms with Gasteiger partial charge >= 0.3 is 0 Å². The van der Waals surface area contributed by atoms with Crippen LogP contribution in [0.15, 0.2) is 106 Å². The molecule has 44 heavy (non-hydrogen) atoms. The Morgan fingerprint density at radius 1 is 0.864 bits per heavy atom. The van der Waals surface area contributed by atoms with Crippen LogP contribution in [-0.4, -0.2) is 44.3 Å². The Bertz CT molecular complexity index is 1700. The van der Waals surface area contributed by atoms with Crippen molar-refractivity contribution in [1.29, 1.82) is 0 Å². The molecule has 4 aromatic rings. The second kappa shape index (κ2) is 14.9. The number of carbonyl (C=O) groups excluding carboxylic acids is 2. The summed E-state index contributed by atoms with van der Waals surface area (Å²) in [6.07, 6.45) is 0.252. The minimum atomic E-state index is -4.20. The summed E-state index contributed by atoms with van der Waals surface area (Å²) in [6.45, 7) is 5.60. The van der Waals surface area contributed by atoms with E-state index in [0.29, 0.717) is 17.3 Å². The quantitative estimate of drug-likeness (QED) is 0.179. The van der Waals surface area contributed by atoms with Gasteiger partial charge in [0.05, 0.1) is 10.6 Å². The predicted octanol–water partition coefficient (Wildman–Crippen LogP) is 6.69. The number of sulfonamides is 1. The highest BCUT2D eigenvalue weighted by Crippen LogP contribution is 2.28. The van der Waals surface area contributed by atoms with Gasteiger partial charge in [-0.1, -0.05) is 76.1 Å². The van der Waals surface area contributed by atoms with Crippen LogP contribution in [0.5, 0.6) is 0 Å². The third-order valence-corrected chi connectivity index (χ3v) is 9.92. The lowest BCUT2D eigenvalue weighted by atomic mass is 10.0. The van der Waals surface area contributed by atoms with Crippen molar-refractivity contribution in [2.75, 3.05) is 17.4 Å². The Morgan fingerprint density at radius 3 is 2.14 bits per heavy atom. The molecule has 0 aliphatic heterocycles. The highest BCUT2D eigenvalue weighted by atomic mass is 79.9. The molecule has 7 nitrogen and oxygen atoms in total. The molecule has 0 aliphatic carbocycles. The van der Waals surface area contributed by atoms with E-state index in [9.17, 15) is 18.0 Å². The lowest BCUT2D eigenvalue weighted by molar-refractivity contribution is -0.140. The molecule has 2 amide bonds. The Kier molecular flexibility index (Phi) is 11.2. The first-order valence-corrected chi connectivity index (χ1v) is 16.8. The molecule has 4 aromatic carbocycles. The van der Waals surface area contributed by atoms with Crippen LogP contribution in [-0.2, 0) is 32.6 Å². The lowest BCUT2D eigenvalue weighted by Gasteiger charge is -2.34. The Labute approximate surface area is 273 Å². The fourth-order valence-electron chi connectivity index (χ4n) is 4.78. The number of amides is 2. The van der Waals surface area contributed by atoms with Gasteiger partial charge in [-0.05, 0) is 91.6 Å². The van der Waals surface area contributed by atoms with Crippen molar-refractivity contribution in [3.8, 4) is 0 Å². The molecular formula is C34H35BrClN3O4S. The van der Waals surface area contributed by atoms with Gasteiger partial charge in [-0.25, -0.2) is 8.42 Å². The first-order valence-electron chi connectivity index (χ1n) is 14.2. The molecule has 230 valence electrons. The maximum absolute atomic E-state index is 14.4. The number of anilines is 1. The van der Waals surface area contributed by atoms with E-state index in [-0.39, 0.29) is 23.8 Å². The van der Waals surface area contributed by atoms with E-state index in [1.54, 1.807) is 12.1 Å². The average molecular weight is 697 g/mol. The maximum Gasteiger partial charge on any atom is 0.264 e. The average Bonchev–Trinajstić information content (AvgIpc) is 3.00. The monoisotopic (exact) mass is 695 g/mol. The fourth-order valence-corrected chi connectivity index (χ4v) is 6.57. The zero-order chi connectivity index (χ0) is 31.9. The first kappa shape index (κ1) is 33.2. The molecule has 0 aromatic heterocycles. The van der Waals surface area contributed by atoms with Crippen molar-refractivity contribution in [1.82, 2.24) is 10.2 Å². The molecular weight excluding hydrogens is 662 g/mol. The SMILES string of the molecule is CCNC(=O)[C@H](Cc1ccccc1)N(Cc1ccc(Br)cc1)C(=O)CN(c1ccc(C)c(C)c1)S(=O)(=O)c1ccc(Cl)cc1. The molecule has 10 heteroatoms. The van der Waals surface area contributed by atoms with E-state index in [2.05, 4.69) is 21.2 Å². The van der Waals surface area contributed by atoms with Crippen molar-refractivity contribution in [2.24, 2.45) is 0 Å². The van der Waals surface area contributed by atoms with E-state index in [4.69, 9.17) is 11.6 Å². The standard InChI is InChI=1S/C34H35BrClN3O4S/c1-4-37-34(41)32(21-26-8-6-5-7-9-26)38(22-27-11-13-28(35)14-12-27)33(40)23-39(30-17-10-24(2)25(3)20-30)44(42,43)31-18-15-29(36)16-19-31/h5-20,32H,4,21-23H2,1-3H3,(H,37,41)/t32-/m0/s1. The van der Waals surface area contributed by atoms with Gasteiger partial charge in [0.2, 0.25) is 11.8 Å². The van der Waals surface area contributed by atoms with Crippen LogP contribution >= 0.6 is 27.5 Å². The van der Waals surface area contributed by atoms with Crippen molar-refractivity contribution in [3.05, 3.63) is 129 Å². The van der Waals surface area contributed by atoms with Crippen LogP contribution in [0.25, 0.3) is 0 Å². The third-order valence-electron chi connectivity index (χ3n) is 7.35. The summed E-state index contributed by atoms with van der Waals surface area (Å²) in [4.78, 5) is 29.5. The highest BCUT2D eigenvalue weighted by molar-refractivity contribution is 9.10. The number of hydrogen-bond donors (Lipinski definition) is 1. The molecule has 0 unspecified atom stereocenters. The Morgan fingerprint density at radius 2 is 1.52 bits per heavy atom. The number of carbonyl (C=O) groups is 2. The van der Waals surface area contributed by atoms with Gasteiger partial charge in [0.25, 0.3) is 10.0 Å². The number of nitrogens with one attached hydrogen (secondary N) is 1. The molecule has 0 radical (unpaired) electrons. The van der Waals surface area contributed by atoms with Crippen molar-refractivity contribution in [2.45, 2.75) is 44.7 Å². The molecule has 1 N–H and O–H groups in total. The number of nitrogens with zero attached hydrogens (tertiary/aromatic N) is 2. The highest BCUT2D eigenvalue weighted by Gasteiger charge is 2.34. The van der Waals surface area contributed by atoms with Crippen LogP contribution in [0, 0.1) is 13.8 Å². The molecule has 4 rings (SSSR count). The Balaban J connectivity index is 1.81. The molecule has 0 bridgehead atoms. The fraction of sp³-hybridized carbons (Fsp3) is 0.235. The zero-order valence-corrected chi connectivity index (χ0v) is 28.0. The minimum absolute atomic E-state index is 0.00282. The van der Waals surface area contributed by atoms with E-state index in [1.807, 2.05) is 81.4 Å². The molecule has 0 fully saturated rings. The first-order chi connectivity index (χ1) is 21.0. The maximum atomic E-state index is 14.4. The van der Waals surface area contributed by atoms with E-state index in [1.165, 1.54) is 29.2 Å². The second-order valence-corrected chi connectivity index (χ2v) is 13.7. The number of aryl methyl sites for hydroxylation is 2. The van der Waals surface area contributed by atoms with Gasteiger partial charge in [0, 0.05) is 29.0 Å². The normalized spacial score (nSPS) is 11.9. The molecule has 0 saturated carbocycles. The van der Waals surface area contributed by atoms with Crippen molar-refractivity contribution < 1.29 is 18.0 Å². The summed E-state index contributed by atoms with van der Waals surface area (Å²) < 4.78 is 30.2. The van der Waals surface area contributed by atoms with Gasteiger partial charge in [0.15, 0.2) is 0 Å². The summed E-state index contributed by atoms with van der Waals surface area (Å²) in [5.74, 6) is -0.837. The van der Waals surface area contributed by atoms with Crippen LogP contribution < -0.4 is 9.62 Å². The topological polar surface area (TPSA) is 86.8 Å². The molecule has 0 saturated heterocycles. The summed E-state index contributed by atoms with van der Waals surface area (Å²) in [6, 6.07) is 27.1. The van der Waals surface area contributed by atoms with E-state index >= 15 is 0 Å². The zero-order valence-electron chi connectivity index (χ0n) is 24.8. The third kappa shape index (κ3) is 8.28. The van der Waals surface area contributed by atoms with Crippen LogP contribution in [0.2, 0.25) is 5.02 Å². The van der Waals surface area contributed by atoms with E-state index < -0.39 is 28.5 Å². The summed E-state index contributed by atoms with van der Waals surface area (Å²) in [7, 11) is -4.20. The molecule has 0 spiro atoms. The van der Waals surface area contributed by atoms with Crippen molar-refractivity contribution in [3.63, 3.8) is 0 Å². The molecule has 0 aliphatic rings. The number of likely N-dealkylation sites (N-methyl/N-ethyl adjacent to an activating group) is 1. The van der Waals surface area contributed by atoms with Gasteiger partial charge in [0.1, 0.15) is 12.6 Å². The largest absolute Gasteiger partial charge is 0.355 e. The number of halogens is 2. The van der Waals surface area contributed by atoms with Crippen LogP contribution in [0.3, 0.4) is 0 Å². The predicted molar refractivity (Wildman–Crippen MR) is 179 cm³/mol. The van der Waals surface area contributed by atoms with Gasteiger partial charge < -0.3 is 10.2 Å². The Hall–Kier alpha value is -3.66. The minimum Gasteiger partial charge on any atom is -0.355 e. The van der Waals surface area contributed by atoms with Crippen molar-refractivity contribution >= 4 is 55.1 Å². The van der Waals surface area contributed by atoms with Gasteiger partial charge in [-0.3, -0.25) is 13.9 Å².